The lowest BCUT2D eigenvalue weighted by molar-refractivity contribution is 0.0958. The first-order valence-corrected chi connectivity index (χ1v) is 10.2. The first kappa shape index (κ1) is 19.2. The van der Waals surface area contributed by atoms with E-state index in [1.807, 2.05) is 24.3 Å². The minimum absolute atomic E-state index is 0.0716. The molecule has 1 aliphatic rings. The molecule has 0 spiro atoms. The molecule has 0 radical (unpaired) electrons. The summed E-state index contributed by atoms with van der Waals surface area (Å²) >= 11 is 0. The zero-order valence-corrected chi connectivity index (χ0v) is 17.0. The molecule has 1 saturated heterocycles. The lowest BCUT2D eigenvalue weighted by Crippen LogP contribution is -2.24. The molecular weight excluding hydrogens is 395 g/mol. The van der Waals surface area contributed by atoms with Crippen LogP contribution in [0.2, 0.25) is 0 Å². The van der Waals surface area contributed by atoms with Crippen LogP contribution in [0.5, 0.6) is 0 Å². The van der Waals surface area contributed by atoms with Gasteiger partial charge in [0.15, 0.2) is 5.65 Å². The summed E-state index contributed by atoms with van der Waals surface area (Å²) in [6.07, 6.45) is 3.65. The van der Waals surface area contributed by atoms with Crippen molar-refractivity contribution in [3.05, 3.63) is 77.9 Å². The van der Waals surface area contributed by atoms with Gasteiger partial charge in [-0.05, 0) is 54.8 Å². The number of aromatic nitrogens is 4. The number of pyridine rings is 1. The number of fused-ring (bicyclic) bond motifs is 1. The summed E-state index contributed by atoms with van der Waals surface area (Å²) in [4.78, 5) is 23.1. The number of carbonyl (C=O) groups excluding carboxylic acids is 1. The van der Waals surface area contributed by atoms with Crippen LogP contribution in [-0.4, -0.2) is 39.1 Å². The summed E-state index contributed by atoms with van der Waals surface area (Å²) in [5.74, 6) is 0.312. The Morgan fingerprint density at radius 1 is 1.16 bits per heavy atom. The molecular formula is C23H21FN6O. The van der Waals surface area contributed by atoms with Gasteiger partial charge in [0.1, 0.15) is 23.0 Å². The standard InChI is InChI=1S/C23H21FN6O/c1-25-23(31)18-8-3-7-17(27-18)20-14-26-21-10-11-22(28-30(20)21)29-12-4-9-19(29)15-5-2-6-16(24)13-15/h2-3,5-8,10-11,13-14,19H,4,9,12H2,1H3,(H,25,31). The third-order valence-corrected chi connectivity index (χ3v) is 5.60. The van der Waals surface area contributed by atoms with Crippen LogP contribution in [0, 0.1) is 5.82 Å². The zero-order chi connectivity index (χ0) is 21.4. The molecule has 5 rings (SSSR count). The first-order valence-electron chi connectivity index (χ1n) is 10.2. The zero-order valence-electron chi connectivity index (χ0n) is 17.0. The van der Waals surface area contributed by atoms with Gasteiger partial charge < -0.3 is 10.2 Å². The highest BCUT2D eigenvalue weighted by atomic mass is 19.1. The predicted molar refractivity (Wildman–Crippen MR) is 115 cm³/mol. The van der Waals surface area contributed by atoms with E-state index in [9.17, 15) is 9.18 Å². The number of benzene rings is 1. The largest absolute Gasteiger partial charge is 0.354 e. The van der Waals surface area contributed by atoms with Gasteiger partial charge in [-0.1, -0.05) is 18.2 Å². The number of amides is 1. The molecule has 0 aliphatic carbocycles. The van der Waals surface area contributed by atoms with Gasteiger partial charge in [0.2, 0.25) is 0 Å². The molecule has 7 nitrogen and oxygen atoms in total. The van der Waals surface area contributed by atoms with Gasteiger partial charge >= 0.3 is 0 Å². The minimum Gasteiger partial charge on any atom is -0.354 e. The molecule has 1 atom stereocenters. The van der Waals surface area contributed by atoms with E-state index in [-0.39, 0.29) is 17.8 Å². The molecule has 4 aromatic rings. The second-order valence-electron chi connectivity index (χ2n) is 7.50. The van der Waals surface area contributed by atoms with E-state index >= 15 is 0 Å². The average molecular weight is 416 g/mol. The highest BCUT2D eigenvalue weighted by molar-refractivity contribution is 5.92. The van der Waals surface area contributed by atoms with Crippen molar-refractivity contribution >= 4 is 17.4 Å². The number of hydrogen-bond acceptors (Lipinski definition) is 5. The lowest BCUT2D eigenvalue weighted by atomic mass is 10.0. The Morgan fingerprint density at radius 3 is 2.87 bits per heavy atom. The molecule has 8 heteroatoms. The van der Waals surface area contributed by atoms with Gasteiger partial charge in [-0.3, -0.25) is 4.79 Å². The predicted octanol–water partition coefficient (Wildman–Crippen LogP) is 3.63. The van der Waals surface area contributed by atoms with Crippen molar-refractivity contribution in [1.82, 2.24) is 24.9 Å². The molecule has 3 aromatic heterocycles. The van der Waals surface area contributed by atoms with Crippen molar-refractivity contribution in [2.24, 2.45) is 0 Å². The molecule has 1 aliphatic heterocycles. The van der Waals surface area contributed by atoms with E-state index in [0.29, 0.717) is 22.7 Å². The molecule has 0 bridgehead atoms. The third-order valence-electron chi connectivity index (χ3n) is 5.60. The molecule has 0 saturated carbocycles. The van der Waals surface area contributed by atoms with Crippen LogP contribution in [0.25, 0.3) is 17.0 Å². The summed E-state index contributed by atoms with van der Waals surface area (Å²) < 4.78 is 15.5. The fourth-order valence-corrected chi connectivity index (χ4v) is 4.12. The number of nitrogens with zero attached hydrogens (tertiary/aromatic N) is 5. The van der Waals surface area contributed by atoms with Crippen molar-refractivity contribution < 1.29 is 9.18 Å². The Labute approximate surface area is 178 Å². The molecule has 156 valence electrons. The number of anilines is 1. The Morgan fingerprint density at radius 2 is 2.03 bits per heavy atom. The maximum absolute atomic E-state index is 13.8. The Balaban J connectivity index is 1.54. The topological polar surface area (TPSA) is 75.4 Å². The average Bonchev–Trinajstić information content (AvgIpc) is 3.45. The number of rotatable bonds is 4. The van der Waals surface area contributed by atoms with Crippen LogP contribution in [0.3, 0.4) is 0 Å². The van der Waals surface area contributed by atoms with Crippen LogP contribution in [0.4, 0.5) is 10.2 Å². The first-order chi connectivity index (χ1) is 15.1. The smallest absolute Gasteiger partial charge is 0.269 e. The molecule has 1 aromatic carbocycles. The van der Waals surface area contributed by atoms with Gasteiger partial charge in [0.25, 0.3) is 5.91 Å². The van der Waals surface area contributed by atoms with E-state index < -0.39 is 0 Å². The maximum Gasteiger partial charge on any atom is 0.269 e. The fraction of sp³-hybridized carbons (Fsp3) is 0.217. The number of carbonyl (C=O) groups is 1. The molecule has 1 N–H and O–H groups in total. The monoisotopic (exact) mass is 416 g/mol. The van der Waals surface area contributed by atoms with Crippen LogP contribution in [-0.2, 0) is 0 Å². The van der Waals surface area contributed by atoms with E-state index in [1.54, 1.807) is 42.0 Å². The highest BCUT2D eigenvalue weighted by Crippen LogP contribution is 2.35. The van der Waals surface area contributed by atoms with Crippen molar-refractivity contribution in [2.75, 3.05) is 18.5 Å². The van der Waals surface area contributed by atoms with Crippen LogP contribution in [0.15, 0.2) is 60.8 Å². The van der Waals surface area contributed by atoms with Crippen molar-refractivity contribution in [3.8, 4) is 11.4 Å². The minimum atomic E-state index is -0.251. The molecule has 4 heterocycles. The van der Waals surface area contributed by atoms with Gasteiger partial charge in [-0.2, -0.15) is 0 Å². The second kappa shape index (κ2) is 7.79. The van der Waals surface area contributed by atoms with Gasteiger partial charge in [0, 0.05) is 13.6 Å². The summed E-state index contributed by atoms with van der Waals surface area (Å²) in [5.41, 5.74) is 3.28. The summed E-state index contributed by atoms with van der Waals surface area (Å²) in [5, 5.41) is 7.42. The number of nitrogens with one attached hydrogen (secondary N) is 1. The normalized spacial score (nSPS) is 16.1. The number of imidazole rings is 1. The molecule has 1 unspecified atom stereocenters. The van der Waals surface area contributed by atoms with Gasteiger partial charge in [-0.15, -0.1) is 5.10 Å². The van der Waals surface area contributed by atoms with Crippen LogP contribution >= 0.6 is 0 Å². The Bertz CT molecular complexity index is 1270. The van der Waals surface area contributed by atoms with Gasteiger partial charge in [-0.25, -0.2) is 18.9 Å². The summed E-state index contributed by atoms with van der Waals surface area (Å²) in [6, 6.07) is 16.0. The van der Waals surface area contributed by atoms with Crippen LogP contribution < -0.4 is 10.2 Å². The number of halogens is 1. The van der Waals surface area contributed by atoms with E-state index in [4.69, 9.17) is 5.10 Å². The van der Waals surface area contributed by atoms with Crippen molar-refractivity contribution in [1.29, 1.82) is 0 Å². The molecule has 31 heavy (non-hydrogen) atoms. The second-order valence-corrected chi connectivity index (χ2v) is 7.50. The molecule has 1 amide bonds. The number of hydrogen-bond donors (Lipinski definition) is 1. The van der Waals surface area contributed by atoms with E-state index in [0.717, 1.165) is 30.8 Å². The Hall–Kier alpha value is -3.81. The van der Waals surface area contributed by atoms with E-state index in [1.165, 1.54) is 6.07 Å². The van der Waals surface area contributed by atoms with Crippen LogP contribution in [0.1, 0.15) is 34.9 Å². The van der Waals surface area contributed by atoms with Gasteiger partial charge in [0.05, 0.1) is 17.9 Å². The quantitative estimate of drug-likeness (QED) is 0.550. The Kier molecular flexibility index (Phi) is 4.82. The maximum atomic E-state index is 13.8. The highest BCUT2D eigenvalue weighted by Gasteiger charge is 2.28. The lowest BCUT2D eigenvalue weighted by Gasteiger charge is -2.26. The van der Waals surface area contributed by atoms with Crippen molar-refractivity contribution in [2.45, 2.75) is 18.9 Å². The third kappa shape index (κ3) is 3.50. The van der Waals surface area contributed by atoms with E-state index in [2.05, 4.69) is 20.2 Å². The summed E-state index contributed by atoms with van der Waals surface area (Å²) in [7, 11) is 1.57. The SMILES string of the molecule is CNC(=O)c1cccc(-c2cnc3ccc(N4CCCC4c4cccc(F)c4)nn23)n1. The van der Waals surface area contributed by atoms with Crippen molar-refractivity contribution in [3.63, 3.8) is 0 Å². The molecule has 1 fully saturated rings. The summed E-state index contributed by atoms with van der Waals surface area (Å²) in [6.45, 7) is 0.841. The fourth-order valence-electron chi connectivity index (χ4n) is 4.12.